The van der Waals surface area contributed by atoms with E-state index in [-0.39, 0.29) is 23.2 Å². The minimum Gasteiger partial charge on any atom is -0.354 e. The summed E-state index contributed by atoms with van der Waals surface area (Å²) in [7, 11) is -3.88. The Bertz CT molecular complexity index is 1100. The number of carbonyl (C=O) groups is 2. The Hall–Kier alpha value is -2.36. The lowest BCUT2D eigenvalue weighted by Gasteiger charge is -2.31. The van der Waals surface area contributed by atoms with Crippen molar-refractivity contribution in [3.63, 3.8) is 0 Å². The van der Waals surface area contributed by atoms with Crippen LogP contribution in [0.5, 0.6) is 0 Å². The second kappa shape index (κ2) is 11.7. The van der Waals surface area contributed by atoms with Crippen molar-refractivity contribution in [2.75, 3.05) is 23.7 Å². The van der Waals surface area contributed by atoms with Gasteiger partial charge in [0.1, 0.15) is 18.4 Å². The third kappa shape index (κ3) is 7.58. The summed E-state index contributed by atoms with van der Waals surface area (Å²) >= 11 is 12.1. The van der Waals surface area contributed by atoms with Crippen LogP contribution in [0.2, 0.25) is 10.0 Å². The van der Waals surface area contributed by atoms with Gasteiger partial charge in [-0.1, -0.05) is 36.2 Å². The maximum atomic E-state index is 13.3. The number of nitrogens with zero attached hydrogens (tertiary/aromatic N) is 2. The fourth-order valence-electron chi connectivity index (χ4n) is 3.03. The summed E-state index contributed by atoms with van der Waals surface area (Å²) < 4.78 is 39.0. The summed E-state index contributed by atoms with van der Waals surface area (Å²) in [6.07, 6.45) is 1.66. The number of sulfonamides is 1. The molecule has 180 valence electrons. The van der Waals surface area contributed by atoms with Crippen LogP contribution in [-0.2, 0) is 26.2 Å². The Morgan fingerprint density at radius 3 is 2.27 bits per heavy atom. The summed E-state index contributed by atoms with van der Waals surface area (Å²) in [5.74, 6) is -1.53. The van der Waals surface area contributed by atoms with Gasteiger partial charge in [-0.15, -0.1) is 0 Å². The molecule has 2 amide bonds. The van der Waals surface area contributed by atoms with Crippen molar-refractivity contribution in [3.8, 4) is 0 Å². The van der Waals surface area contributed by atoms with Gasteiger partial charge in [0, 0.05) is 13.1 Å². The highest BCUT2D eigenvalue weighted by Crippen LogP contribution is 2.24. The normalized spacial score (nSPS) is 12.2. The first-order chi connectivity index (χ1) is 15.4. The molecular formula is C22H26Cl2FN3O4S. The van der Waals surface area contributed by atoms with Gasteiger partial charge in [0.2, 0.25) is 21.8 Å². The molecule has 0 radical (unpaired) electrons. The van der Waals surface area contributed by atoms with E-state index in [0.717, 1.165) is 22.7 Å². The zero-order valence-corrected chi connectivity index (χ0v) is 20.8. The van der Waals surface area contributed by atoms with Crippen LogP contribution in [0.1, 0.15) is 25.8 Å². The van der Waals surface area contributed by atoms with Crippen LogP contribution >= 0.6 is 23.2 Å². The molecule has 1 N–H and O–H groups in total. The molecule has 1 atom stereocenters. The fourth-order valence-corrected chi connectivity index (χ4v) is 4.20. The number of amides is 2. The average Bonchev–Trinajstić information content (AvgIpc) is 2.75. The highest BCUT2D eigenvalue weighted by atomic mass is 35.5. The molecule has 2 aromatic rings. The Balaban J connectivity index is 2.38. The number of hydrogen-bond donors (Lipinski definition) is 1. The molecule has 0 bridgehead atoms. The molecule has 0 aliphatic rings. The SMILES string of the molecule is CCCNC(=O)[C@H](C)N(Cc1ccc(Cl)c(Cl)c1)C(=O)CN(c1ccc(F)cc1)S(C)(=O)=O. The van der Waals surface area contributed by atoms with Crippen molar-refractivity contribution in [1.82, 2.24) is 10.2 Å². The van der Waals surface area contributed by atoms with E-state index in [0.29, 0.717) is 23.6 Å². The number of anilines is 1. The lowest BCUT2D eigenvalue weighted by Crippen LogP contribution is -2.51. The third-order valence-corrected chi connectivity index (χ3v) is 6.73. The Morgan fingerprint density at radius 1 is 1.09 bits per heavy atom. The monoisotopic (exact) mass is 517 g/mol. The van der Waals surface area contributed by atoms with Crippen LogP contribution in [0.15, 0.2) is 42.5 Å². The summed E-state index contributed by atoms with van der Waals surface area (Å²) in [5.41, 5.74) is 0.741. The molecule has 0 spiro atoms. The van der Waals surface area contributed by atoms with Gasteiger partial charge in [-0.25, -0.2) is 12.8 Å². The van der Waals surface area contributed by atoms with E-state index < -0.39 is 34.3 Å². The Kier molecular flexibility index (Phi) is 9.51. The predicted molar refractivity (Wildman–Crippen MR) is 128 cm³/mol. The highest BCUT2D eigenvalue weighted by molar-refractivity contribution is 7.92. The molecular weight excluding hydrogens is 492 g/mol. The van der Waals surface area contributed by atoms with Gasteiger partial charge < -0.3 is 10.2 Å². The maximum Gasteiger partial charge on any atom is 0.244 e. The number of benzene rings is 2. The Labute approximate surface area is 203 Å². The molecule has 0 saturated heterocycles. The van der Waals surface area contributed by atoms with Crippen molar-refractivity contribution in [2.24, 2.45) is 0 Å². The number of nitrogens with one attached hydrogen (secondary N) is 1. The van der Waals surface area contributed by atoms with Crippen LogP contribution < -0.4 is 9.62 Å². The molecule has 0 aromatic heterocycles. The van der Waals surface area contributed by atoms with E-state index in [4.69, 9.17) is 23.2 Å². The smallest absolute Gasteiger partial charge is 0.244 e. The van der Waals surface area contributed by atoms with Gasteiger partial charge in [-0.05, 0) is 55.3 Å². The lowest BCUT2D eigenvalue weighted by molar-refractivity contribution is -0.139. The fraction of sp³-hybridized carbons (Fsp3) is 0.364. The molecule has 7 nitrogen and oxygen atoms in total. The van der Waals surface area contributed by atoms with Gasteiger partial charge >= 0.3 is 0 Å². The number of rotatable bonds is 10. The molecule has 0 aliphatic heterocycles. The van der Waals surface area contributed by atoms with Crippen molar-refractivity contribution >= 4 is 50.7 Å². The van der Waals surface area contributed by atoms with Crippen LogP contribution in [0.25, 0.3) is 0 Å². The molecule has 11 heteroatoms. The van der Waals surface area contributed by atoms with Crippen molar-refractivity contribution in [2.45, 2.75) is 32.9 Å². The second-order valence-electron chi connectivity index (χ2n) is 7.48. The minimum atomic E-state index is -3.88. The highest BCUT2D eigenvalue weighted by Gasteiger charge is 2.30. The summed E-state index contributed by atoms with van der Waals surface area (Å²) in [6.45, 7) is 3.32. The van der Waals surface area contributed by atoms with E-state index in [1.807, 2.05) is 6.92 Å². The molecule has 33 heavy (non-hydrogen) atoms. The number of carbonyl (C=O) groups excluding carboxylic acids is 2. The maximum absolute atomic E-state index is 13.3. The summed E-state index contributed by atoms with van der Waals surface area (Å²) in [4.78, 5) is 27.2. The van der Waals surface area contributed by atoms with Crippen molar-refractivity contribution in [3.05, 3.63) is 63.9 Å². The Morgan fingerprint density at radius 2 is 1.73 bits per heavy atom. The first-order valence-electron chi connectivity index (χ1n) is 10.2. The molecule has 2 aromatic carbocycles. The van der Waals surface area contributed by atoms with Crippen LogP contribution in [0.3, 0.4) is 0 Å². The van der Waals surface area contributed by atoms with Gasteiger partial charge in [-0.3, -0.25) is 13.9 Å². The second-order valence-corrected chi connectivity index (χ2v) is 10.2. The van der Waals surface area contributed by atoms with Gasteiger partial charge in [0.05, 0.1) is 22.0 Å². The van der Waals surface area contributed by atoms with E-state index in [1.165, 1.54) is 17.0 Å². The number of hydrogen-bond acceptors (Lipinski definition) is 4. The average molecular weight is 518 g/mol. The first-order valence-corrected chi connectivity index (χ1v) is 12.8. The van der Waals surface area contributed by atoms with Gasteiger partial charge in [0.25, 0.3) is 0 Å². The van der Waals surface area contributed by atoms with E-state index in [9.17, 15) is 22.4 Å². The van der Waals surface area contributed by atoms with E-state index >= 15 is 0 Å². The topological polar surface area (TPSA) is 86.8 Å². The standard InChI is InChI=1S/C22H26Cl2FN3O4S/c1-4-11-26-22(30)15(2)27(13-16-5-10-19(23)20(24)12-16)21(29)14-28(33(3,31)32)18-8-6-17(25)7-9-18/h5-10,12,15H,4,11,13-14H2,1-3H3,(H,26,30)/t15-/m0/s1. The molecule has 2 rings (SSSR count). The quantitative estimate of drug-likeness (QED) is 0.518. The molecule has 0 saturated carbocycles. The summed E-state index contributed by atoms with van der Waals surface area (Å²) in [5, 5.41) is 3.37. The zero-order chi connectivity index (χ0) is 24.8. The van der Waals surface area contributed by atoms with E-state index in [2.05, 4.69) is 5.32 Å². The minimum absolute atomic E-state index is 0.00253. The molecule has 0 aliphatic carbocycles. The van der Waals surface area contributed by atoms with Crippen LogP contribution in [0.4, 0.5) is 10.1 Å². The predicted octanol–water partition coefficient (Wildman–Crippen LogP) is 3.84. The van der Waals surface area contributed by atoms with Crippen LogP contribution in [0, 0.1) is 5.82 Å². The third-order valence-electron chi connectivity index (χ3n) is 4.85. The van der Waals surface area contributed by atoms with Gasteiger partial charge in [0.15, 0.2) is 0 Å². The first kappa shape index (κ1) is 26.9. The lowest BCUT2D eigenvalue weighted by atomic mass is 10.1. The van der Waals surface area contributed by atoms with Crippen molar-refractivity contribution in [1.29, 1.82) is 0 Å². The molecule has 0 unspecified atom stereocenters. The van der Waals surface area contributed by atoms with Crippen LogP contribution in [-0.4, -0.2) is 50.5 Å². The largest absolute Gasteiger partial charge is 0.354 e. The van der Waals surface area contributed by atoms with Crippen molar-refractivity contribution < 1.29 is 22.4 Å². The molecule has 0 fully saturated rings. The zero-order valence-electron chi connectivity index (χ0n) is 18.5. The molecule has 0 heterocycles. The summed E-state index contributed by atoms with van der Waals surface area (Å²) in [6, 6.07) is 8.67. The van der Waals surface area contributed by atoms with E-state index in [1.54, 1.807) is 25.1 Å². The van der Waals surface area contributed by atoms with Gasteiger partial charge in [-0.2, -0.15) is 0 Å². The number of halogens is 3.